The molecule has 0 radical (unpaired) electrons. The van der Waals surface area contributed by atoms with Gasteiger partial charge in [-0.15, -0.1) is 0 Å². The van der Waals surface area contributed by atoms with Gasteiger partial charge in [-0.2, -0.15) is 0 Å². The van der Waals surface area contributed by atoms with Crippen molar-refractivity contribution in [3.8, 4) is 0 Å². The smallest absolute Gasteiger partial charge is 0.133 e. The first-order chi connectivity index (χ1) is 9.06. The molecule has 0 spiro atoms. The van der Waals surface area contributed by atoms with Crippen LogP contribution in [0.15, 0.2) is 6.07 Å². The summed E-state index contributed by atoms with van der Waals surface area (Å²) in [6.07, 6.45) is 3.13. The van der Waals surface area contributed by atoms with Crippen LogP contribution in [0.25, 0.3) is 0 Å². The third-order valence-corrected chi connectivity index (χ3v) is 3.19. The van der Waals surface area contributed by atoms with Gasteiger partial charge in [0.2, 0.25) is 0 Å². The van der Waals surface area contributed by atoms with Crippen LogP contribution in [0.3, 0.4) is 0 Å². The van der Waals surface area contributed by atoms with E-state index < -0.39 is 0 Å². The first-order valence-corrected chi connectivity index (χ1v) is 7.27. The molecule has 2 N–H and O–H groups in total. The Morgan fingerprint density at radius 3 is 2.58 bits per heavy atom. The Labute approximate surface area is 116 Å². The molecular weight excluding hydrogens is 238 g/mol. The van der Waals surface area contributed by atoms with Gasteiger partial charge >= 0.3 is 0 Å². The standard InChI is InChI=1S/C15H27N3O/c1-5-6-13(7-8-19)10-16-14-9-12(4)17-15(18-14)11(2)3/h9,11,13,19H,5-8,10H2,1-4H3,(H,16,17,18). The maximum Gasteiger partial charge on any atom is 0.133 e. The van der Waals surface area contributed by atoms with E-state index in [2.05, 4.69) is 36.1 Å². The number of hydrogen-bond acceptors (Lipinski definition) is 4. The van der Waals surface area contributed by atoms with E-state index in [0.717, 1.165) is 43.1 Å². The summed E-state index contributed by atoms with van der Waals surface area (Å²) >= 11 is 0. The lowest BCUT2D eigenvalue weighted by molar-refractivity contribution is 0.255. The Balaban J connectivity index is 2.65. The second-order valence-electron chi connectivity index (χ2n) is 5.46. The highest BCUT2D eigenvalue weighted by molar-refractivity contribution is 5.36. The molecule has 0 saturated heterocycles. The molecule has 0 aliphatic heterocycles. The fraction of sp³-hybridized carbons (Fsp3) is 0.733. The molecule has 0 aliphatic rings. The normalized spacial score (nSPS) is 12.7. The Morgan fingerprint density at radius 2 is 2.00 bits per heavy atom. The van der Waals surface area contributed by atoms with Crippen LogP contribution in [0.4, 0.5) is 5.82 Å². The highest BCUT2D eigenvalue weighted by Crippen LogP contribution is 2.16. The van der Waals surface area contributed by atoms with Crippen LogP contribution < -0.4 is 5.32 Å². The molecule has 0 fully saturated rings. The molecule has 0 aliphatic carbocycles. The molecule has 4 nitrogen and oxygen atoms in total. The van der Waals surface area contributed by atoms with Gasteiger partial charge in [0, 0.05) is 30.8 Å². The van der Waals surface area contributed by atoms with Gasteiger partial charge in [-0.25, -0.2) is 9.97 Å². The minimum absolute atomic E-state index is 0.256. The van der Waals surface area contributed by atoms with E-state index >= 15 is 0 Å². The van der Waals surface area contributed by atoms with Crippen LogP contribution in [0.1, 0.15) is 57.5 Å². The van der Waals surface area contributed by atoms with Crippen molar-refractivity contribution in [2.75, 3.05) is 18.5 Å². The zero-order valence-electron chi connectivity index (χ0n) is 12.6. The molecule has 1 unspecified atom stereocenters. The third kappa shape index (κ3) is 5.55. The molecule has 0 saturated carbocycles. The van der Waals surface area contributed by atoms with Crippen molar-refractivity contribution in [2.24, 2.45) is 5.92 Å². The first kappa shape index (κ1) is 15.9. The third-order valence-electron chi connectivity index (χ3n) is 3.19. The number of anilines is 1. The topological polar surface area (TPSA) is 58.0 Å². The lowest BCUT2D eigenvalue weighted by atomic mass is 10.0. The van der Waals surface area contributed by atoms with E-state index in [1.165, 1.54) is 0 Å². The summed E-state index contributed by atoms with van der Waals surface area (Å²) in [5.41, 5.74) is 0.996. The number of aromatic nitrogens is 2. The van der Waals surface area contributed by atoms with Crippen molar-refractivity contribution in [1.82, 2.24) is 9.97 Å². The van der Waals surface area contributed by atoms with Crippen LogP contribution in [-0.4, -0.2) is 28.2 Å². The SMILES string of the molecule is CCCC(CCO)CNc1cc(C)nc(C(C)C)n1. The maximum atomic E-state index is 9.07. The fourth-order valence-corrected chi connectivity index (χ4v) is 2.13. The summed E-state index contributed by atoms with van der Waals surface area (Å²) in [5.74, 6) is 2.63. The largest absolute Gasteiger partial charge is 0.396 e. The Kier molecular flexibility index (Phi) is 6.78. The summed E-state index contributed by atoms with van der Waals surface area (Å²) in [7, 11) is 0. The zero-order chi connectivity index (χ0) is 14.3. The molecule has 4 heteroatoms. The lowest BCUT2D eigenvalue weighted by Crippen LogP contribution is -2.17. The molecule has 108 valence electrons. The molecule has 0 amide bonds. The average Bonchev–Trinajstić information content (AvgIpc) is 2.36. The van der Waals surface area contributed by atoms with Crippen LogP contribution in [0, 0.1) is 12.8 Å². The minimum atomic E-state index is 0.256. The number of nitrogens with zero attached hydrogens (tertiary/aromatic N) is 2. The highest BCUT2D eigenvalue weighted by Gasteiger charge is 2.09. The molecule has 1 atom stereocenters. The summed E-state index contributed by atoms with van der Waals surface area (Å²) in [6, 6.07) is 1.98. The number of aryl methyl sites for hydroxylation is 1. The summed E-state index contributed by atoms with van der Waals surface area (Å²) < 4.78 is 0. The second-order valence-corrected chi connectivity index (χ2v) is 5.46. The second kappa shape index (κ2) is 8.10. The number of aliphatic hydroxyl groups is 1. The van der Waals surface area contributed by atoms with Crippen molar-refractivity contribution in [1.29, 1.82) is 0 Å². The zero-order valence-corrected chi connectivity index (χ0v) is 12.6. The van der Waals surface area contributed by atoms with Crippen molar-refractivity contribution in [2.45, 2.75) is 52.9 Å². The molecule has 0 aromatic carbocycles. The van der Waals surface area contributed by atoms with Gasteiger partial charge in [0.15, 0.2) is 0 Å². The summed E-state index contributed by atoms with van der Waals surface area (Å²) in [6.45, 7) is 9.50. The number of rotatable bonds is 8. The molecule has 1 aromatic heterocycles. The van der Waals surface area contributed by atoms with Gasteiger partial charge in [0.05, 0.1) is 0 Å². The highest BCUT2D eigenvalue weighted by atomic mass is 16.3. The van der Waals surface area contributed by atoms with E-state index in [0.29, 0.717) is 11.8 Å². The molecular formula is C15H27N3O. The van der Waals surface area contributed by atoms with Gasteiger partial charge in [0.1, 0.15) is 11.6 Å². The molecule has 1 aromatic rings. The van der Waals surface area contributed by atoms with E-state index in [-0.39, 0.29) is 6.61 Å². The van der Waals surface area contributed by atoms with E-state index in [1.54, 1.807) is 0 Å². The van der Waals surface area contributed by atoms with Gasteiger partial charge in [0.25, 0.3) is 0 Å². The van der Waals surface area contributed by atoms with E-state index in [1.807, 2.05) is 13.0 Å². The van der Waals surface area contributed by atoms with Crippen LogP contribution in [0.5, 0.6) is 0 Å². The monoisotopic (exact) mass is 265 g/mol. The Morgan fingerprint density at radius 1 is 1.26 bits per heavy atom. The molecule has 0 bridgehead atoms. The van der Waals surface area contributed by atoms with Crippen molar-refractivity contribution in [3.05, 3.63) is 17.6 Å². The van der Waals surface area contributed by atoms with Crippen molar-refractivity contribution < 1.29 is 5.11 Å². The van der Waals surface area contributed by atoms with Crippen molar-refractivity contribution >= 4 is 5.82 Å². The predicted molar refractivity (Wildman–Crippen MR) is 79.4 cm³/mol. The fourth-order valence-electron chi connectivity index (χ4n) is 2.13. The predicted octanol–water partition coefficient (Wildman–Crippen LogP) is 3.12. The number of hydrogen-bond donors (Lipinski definition) is 2. The first-order valence-electron chi connectivity index (χ1n) is 7.27. The van der Waals surface area contributed by atoms with E-state index in [9.17, 15) is 0 Å². The molecule has 1 rings (SSSR count). The number of aliphatic hydroxyl groups excluding tert-OH is 1. The quantitative estimate of drug-likeness (QED) is 0.758. The van der Waals surface area contributed by atoms with Gasteiger partial charge in [-0.05, 0) is 25.7 Å². The van der Waals surface area contributed by atoms with Gasteiger partial charge < -0.3 is 10.4 Å². The number of nitrogens with one attached hydrogen (secondary N) is 1. The molecule has 19 heavy (non-hydrogen) atoms. The minimum Gasteiger partial charge on any atom is -0.396 e. The van der Waals surface area contributed by atoms with Gasteiger partial charge in [-0.1, -0.05) is 27.2 Å². The summed E-state index contributed by atoms with van der Waals surface area (Å²) in [5, 5.41) is 12.5. The summed E-state index contributed by atoms with van der Waals surface area (Å²) in [4.78, 5) is 8.98. The Bertz CT molecular complexity index is 374. The lowest BCUT2D eigenvalue weighted by Gasteiger charge is -2.17. The van der Waals surface area contributed by atoms with E-state index in [4.69, 9.17) is 5.11 Å². The van der Waals surface area contributed by atoms with Crippen LogP contribution in [-0.2, 0) is 0 Å². The Hall–Kier alpha value is -1.16. The van der Waals surface area contributed by atoms with Crippen LogP contribution in [0.2, 0.25) is 0 Å². The van der Waals surface area contributed by atoms with Crippen LogP contribution >= 0.6 is 0 Å². The average molecular weight is 265 g/mol. The maximum absolute atomic E-state index is 9.07. The molecule has 1 heterocycles. The van der Waals surface area contributed by atoms with Crippen molar-refractivity contribution in [3.63, 3.8) is 0 Å². The van der Waals surface area contributed by atoms with Gasteiger partial charge in [-0.3, -0.25) is 0 Å².